The SMILES string of the molecule is Cc1ccc(C2=NN(c3ccc(S(=O)(=O)NC(=O)Nc4ccccc4)cc3)C(c3ccc(F)cc3)C2)cc1. The van der Waals surface area contributed by atoms with Gasteiger partial charge in [-0.05, 0) is 66.6 Å². The van der Waals surface area contributed by atoms with Crippen molar-refractivity contribution in [3.05, 3.63) is 126 Å². The summed E-state index contributed by atoms with van der Waals surface area (Å²) < 4.78 is 41.2. The maximum absolute atomic E-state index is 13.6. The molecule has 1 aliphatic heterocycles. The van der Waals surface area contributed by atoms with Gasteiger partial charge in [-0.2, -0.15) is 5.10 Å². The molecule has 0 aromatic heterocycles. The second-order valence-electron chi connectivity index (χ2n) is 8.95. The number of rotatable bonds is 6. The number of carbonyl (C=O) groups is 1. The Balaban J connectivity index is 1.39. The third kappa shape index (κ3) is 5.57. The number of halogens is 1. The van der Waals surface area contributed by atoms with Crippen LogP contribution in [0.4, 0.5) is 20.6 Å². The van der Waals surface area contributed by atoms with E-state index in [2.05, 4.69) is 5.32 Å². The van der Waals surface area contributed by atoms with Gasteiger partial charge in [-0.25, -0.2) is 22.3 Å². The van der Waals surface area contributed by atoms with E-state index >= 15 is 0 Å². The van der Waals surface area contributed by atoms with Crippen LogP contribution in [0.25, 0.3) is 0 Å². The van der Waals surface area contributed by atoms with Crippen LogP contribution >= 0.6 is 0 Å². The quantitative estimate of drug-likeness (QED) is 0.321. The summed E-state index contributed by atoms with van der Waals surface area (Å²) in [7, 11) is -4.11. The Morgan fingerprint density at radius 3 is 2.21 bits per heavy atom. The second-order valence-corrected chi connectivity index (χ2v) is 10.6. The van der Waals surface area contributed by atoms with Crippen LogP contribution in [0.15, 0.2) is 113 Å². The molecular formula is C29H25FN4O3S. The summed E-state index contributed by atoms with van der Waals surface area (Å²) >= 11 is 0. The van der Waals surface area contributed by atoms with Gasteiger partial charge in [0.15, 0.2) is 0 Å². The third-order valence-electron chi connectivity index (χ3n) is 6.22. The Hall–Kier alpha value is -4.50. The fourth-order valence-corrected chi connectivity index (χ4v) is 5.16. The molecule has 5 rings (SSSR count). The maximum Gasteiger partial charge on any atom is 0.333 e. The molecule has 0 aliphatic carbocycles. The molecule has 2 N–H and O–H groups in total. The largest absolute Gasteiger partial charge is 0.333 e. The number of sulfonamides is 1. The second kappa shape index (κ2) is 10.5. The number of carbonyl (C=O) groups excluding carboxylic acids is 1. The Morgan fingerprint density at radius 1 is 0.895 bits per heavy atom. The number of hydrogen-bond acceptors (Lipinski definition) is 5. The molecule has 0 spiro atoms. The highest BCUT2D eigenvalue weighted by Crippen LogP contribution is 2.37. The van der Waals surface area contributed by atoms with Gasteiger partial charge in [0.25, 0.3) is 10.0 Å². The van der Waals surface area contributed by atoms with Gasteiger partial charge in [-0.1, -0.05) is 60.2 Å². The van der Waals surface area contributed by atoms with Gasteiger partial charge in [0.05, 0.1) is 22.3 Å². The Kier molecular flexibility index (Phi) is 6.93. The van der Waals surface area contributed by atoms with Crippen molar-refractivity contribution in [2.75, 3.05) is 10.3 Å². The summed E-state index contributed by atoms with van der Waals surface area (Å²) in [6.45, 7) is 2.02. The number of benzene rings is 4. The molecule has 0 radical (unpaired) electrons. The molecule has 2 amide bonds. The zero-order valence-electron chi connectivity index (χ0n) is 20.5. The normalized spacial score (nSPS) is 15.2. The fourth-order valence-electron chi connectivity index (χ4n) is 4.25. The van der Waals surface area contributed by atoms with Crippen molar-refractivity contribution in [1.82, 2.24) is 4.72 Å². The molecule has 0 fully saturated rings. The van der Waals surface area contributed by atoms with Crippen LogP contribution in [0.1, 0.15) is 29.2 Å². The summed E-state index contributed by atoms with van der Waals surface area (Å²) in [6, 6.07) is 28.0. The summed E-state index contributed by atoms with van der Waals surface area (Å²) in [5, 5.41) is 9.16. The van der Waals surface area contributed by atoms with Gasteiger partial charge in [0, 0.05) is 12.1 Å². The number of hydrazone groups is 1. The molecule has 1 atom stereocenters. The molecule has 7 nitrogen and oxygen atoms in total. The van der Waals surface area contributed by atoms with Crippen molar-refractivity contribution < 1.29 is 17.6 Å². The molecule has 4 aromatic rings. The number of urea groups is 1. The minimum atomic E-state index is -4.11. The molecule has 4 aromatic carbocycles. The first kappa shape index (κ1) is 25.2. The first-order valence-corrected chi connectivity index (χ1v) is 13.4. The van der Waals surface area contributed by atoms with Gasteiger partial charge < -0.3 is 5.32 Å². The number of para-hydroxylation sites is 1. The predicted octanol–water partition coefficient (Wildman–Crippen LogP) is 6.00. The average molecular weight is 529 g/mol. The molecule has 0 saturated heterocycles. The van der Waals surface area contributed by atoms with Crippen LogP contribution in [-0.4, -0.2) is 20.2 Å². The lowest BCUT2D eigenvalue weighted by atomic mass is 9.98. The summed E-state index contributed by atoms with van der Waals surface area (Å²) in [4.78, 5) is 12.2. The zero-order valence-corrected chi connectivity index (χ0v) is 21.3. The molecule has 1 unspecified atom stereocenters. The molecule has 1 heterocycles. The maximum atomic E-state index is 13.6. The van der Waals surface area contributed by atoms with Crippen LogP contribution in [0, 0.1) is 12.7 Å². The molecular weight excluding hydrogens is 503 g/mol. The molecule has 38 heavy (non-hydrogen) atoms. The van der Waals surface area contributed by atoms with Gasteiger partial charge >= 0.3 is 6.03 Å². The first-order valence-electron chi connectivity index (χ1n) is 12.0. The van der Waals surface area contributed by atoms with Crippen molar-refractivity contribution in [2.45, 2.75) is 24.3 Å². The Labute approximate surface area is 220 Å². The molecule has 192 valence electrons. The van der Waals surface area contributed by atoms with Crippen molar-refractivity contribution in [2.24, 2.45) is 5.10 Å². The Morgan fingerprint density at radius 2 is 1.55 bits per heavy atom. The van der Waals surface area contributed by atoms with Crippen molar-refractivity contribution in [1.29, 1.82) is 0 Å². The Bertz CT molecular complexity index is 1570. The van der Waals surface area contributed by atoms with Crippen LogP contribution in [0.5, 0.6) is 0 Å². The number of nitrogens with zero attached hydrogens (tertiary/aromatic N) is 2. The van der Waals surface area contributed by atoms with Crippen LogP contribution in [0.3, 0.4) is 0 Å². The fraction of sp³-hybridized carbons (Fsp3) is 0.103. The van der Waals surface area contributed by atoms with E-state index in [1.165, 1.54) is 24.3 Å². The van der Waals surface area contributed by atoms with Crippen molar-refractivity contribution in [3.8, 4) is 0 Å². The zero-order chi connectivity index (χ0) is 26.7. The molecule has 9 heteroatoms. The van der Waals surface area contributed by atoms with E-state index in [9.17, 15) is 17.6 Å². The number of hydrogen-bond donors (Lipinski definition) is 2. The number of nitrogens with one attached hydrogen (secondary N) is 2. The predicted molar refractivity (Wildman–Crippen MR) is 146 cm³/mol. The molecule has 0 bridgehead atoms. The summed E-state index contributed by atoms with van der Waals surface area (Å²) in [5.74, 6) is -0.323. The molecule has 0 saturated carbocycles. The highest BCUT2D eigenvalue weighted by atomic mass is 32.2. The summed E-state index contributed by atoms with van der Waals surface area (Å²) in [6.07, 6.45) is 0.593. The van der Waals surface area contributed by atoms with E-state index in [1.54, 1.807) is 54.6 Å². The van der Waals surface area contributed by atoms with Gasteiger partial charge in [-0.15, -0.1) is 0 Å². The van der Waals surface area contributed by atoms with Crippen molar-refractivity contribution >= 4 is 33.1 Å². The first-order chi connectivity index (χ1) is 18.3. The smallest absolute Gasteiger partial charge is 0.307 e. The van der Waals surface area contributed by atoms with E-state index in [1.807, 2.05) is 40.9 Å². The topological polar surface area (TPSA) is 90.9 Å². The molecule has 1 aliphatic rings. The monoisotopic (exact) mass is 528 g/mol. The lowest BCUT2D eigenvalue weighted by molar-refractivity contribution is 0.256. The lowest BCUT2D eigenvalue weighted by Crippen LogP contribution is -2.34. The van der Waals surface area contributed by atoms with Crippen molar-refractivity contribution in [3.63, 3.8) is 0 Å². The van der Waals surface area contributed by atoms with E-state index in [4.69, 9.17) is 5.10 Å². The third-order valence-corrected chi connectivity index (χ3v) is 7.57. The highest BCUT2D eigenvalue weighted by Gasteiger charge is 2.30. The number of amides is 2. The number of anilines is 2. The van der Waals surface area contributed by atoms with Gasteiger partial charge in [0.2, 0.25) is 0 Å². The standard InChI is InChI=1S/C29H25FN4O3S/c1-20-7-9-21(10-8-20)27-19-28(22-11-13-23(30)14-12-22)34(32-27)25-15-17-26(18-16-25)38(36,37)33-29(35)31-24-5-3-2-4-6-24/h2-18,28H,19H2,1H3,(H2,31,33,35). The number of aryl methyl sites for hydroxylation is 1. The minimum absolute atomic E-state index is 0.0651. The van der Waals surface area contributed by atoms with Crippen LogP contribution in [-0.2, 0) is 10.0 Å². The lowest BCUT2D eigenvalue weighted by Gasteiger charge is -2.24. The van der Waals surface area contributed by atoms with E-state index in [-0.39, 0.29) is 16.8 Å². The summed E-state index contributed by atoms with van der Waals surface area (Å²) in [5.41, 5.74) is 5.01. The van der Waals surface area contributed by atoms with Gasteiger partial charge in [0.1, 0.15) is 5.82 Å². The van der Waals surface area contributed by atoms with Crippen LogP contribution in [0.2, 0.25) is 0 Å². The van der Waals surface area contributed by atoms with E-state index in [0.717, 1.165) is 22.4 Å². The minimum Gasteiger partial charge on any atom is -0.307 e. The van der Waals surface area contributed by atoms with Gasteiger partial charge in [-0.3, -0.25) is 5.01 Å². The average Bonchev–Trinajstić information content (AvgIpc) is 3.35. The van der Waals surface area contributed by atoms with E-state index < -0.39 is 16.1 Å². The highest BCUT2D eigenvalue weighted by molar-refractivity contribution is 7.90. The van der Waals surface area contributed by atoms with E-state index in [0.29, 0.717) is 17.8 Å². The van der Waals surface area contributed by atoms with Crippen LogP contribution < -0.4 is 15.0 Å².